The minimum atomic E-state index is -4.47. The quantitative estimate of drug-likeness (QED) is 0.587. The van der Waals surface area contributed by atoms with Gasteiger partial charge >= 0.3 is 6.18 Å². The first-order chi connectivity index (χ1) is 13.3. The van der Waals surface area contributed by atoms with Crippen LogP contribution < -0.4 is 5.32 Å². The van der Waals surface area contributed by atoms with Crippen molar-refractivity contribution in [1.29, 1.82) is 0 Å². The summed E-state index contributed by atoms with van der Waals surface area (Å²) < 4.78 is 40.3. The molecule has 0 aliphatic carbocycles. The Labute approximate surface area is 163 Å². The Morgan fingerprint density at radius 2 is 1.89 bits per heavy atom. The summed E-state index contributed by atoms with van der Waals surface area (Å²) in [6, 6.07) is 12.0. The lowest BCUT2D eigenvalue weighted by molar-refractivity contribution is -0.137. The molecule has 1 N–H and O–H groups in total. The summed E-state index contributed by atoms with van der Waals surface area (Å²) in [5.41, 5.74) is 2.20. The predicted molar refractivity (Wildman–Crippen MR) is 101 cm³/mol. The number of aromatic nitrogens is 2. The zero-order valence-electron chi connectivity index (χ0n) is 14.5. The second-order valence-electron chi connectivity index (χ2n) is 6.31. The Balaban J connectivity index is 1.81. The molecule has 1 aliphatic rings. The van der Waals surface area contributed by atoms with Gasteiger partial charge in [0.1, 0.15) is 5.15 Å². The Kier molecular flexibility index (Phi) is 4.27. The van der Waals surface area contributed by atoms with E-state index in [4.69, 9.17) is 11.6 Å². The fourth-order valence-corrected chi connectivity index (χ4v) is 3.41. The van der Waals surface area contributed by atoms with E-state index in [9.17, 15) is 18.0 Å². The van der Waals surface area contributed by atoms with Crippen molar-refractivity contribution in [2.45, 2.75) is 13.1 Å². The minimum absolute atomic E-state index is 0.126. The maximum atomic E-state index is 13.0. The molecule has 4 rings (SSSR count). The highest BCUT2D eigenvalue weighted by atomic mass is 35.5. The van der Waals surface area contributed by atoms with Gasteiger partial charge in [-0.05, 0) is 37.3 Å². The van der Waals surface area contributed by atoms with Crippen molar-refractivity contribution >= 4 is 34.8 Å². The first kappa shape index (κ1) is 18.3. The lowest BCUT2D eigenvalue weighted by Crippen LogP contribution is -2.06. The lowest BCUT2D eigenvalue weighted by atomic mass is 10.0. The number of para-hydroxylation sites is 1. The van der Waals surface area contributed by atoms with Gasteiger partial charge in [-0.3, -0.25) is 4.79 Å². The summed E-state index contributed by atoms with van der Waals surface area (Å²) >= 11 is 6.43. The van der Waals surface area contributed by atoms with Crippen molar-refractivity contribution in [1.82, 2.24) is 9.78 Å². The fourth-order valence-electron chi connectivity index (χ4n) is 3.09. The van der Waals surface area contributed by atoms with Crippen molar-refractivity contribution in [3.63, 3.8) is 0 Å². The van der Waals surface area contributed by atoms with Crippen LogP contribution in [0.4, 0.5) is 18.9 Å². The number of carbonyl (C=O) groups is 1. The molecule has 1 aromatic heterocycles. The number of alkyl halides is 3. The van der Waals surface area contributed by atoms with Crippen molar-refractivity contribution in [3.8, 4) is 5.69 Å². The molecule has 0 atom stereocenters. The number of hydrogen-bond donors (Lipinski definition) is 1. The number of fused-ring (bicyclic) bond motifs is 1. The summed E-state index contributed by atoms with van der Waals surface area (Å²) in [5, 5.41) is 7.16. The van der Waals surface area contributed by atoms with Gasteiger partial charge in [0.25, 0.3) is 5.91 Å². The second kappa shape index (κ2) is 6.53. The number of anilines is 1. The summed E-state index contributed by atoms with van der Waals surface area (Å²) in [7, 11) is 0. The van der Waals surface area contributed by atoms with Gasteiger partial charge < -0.3 is 5.32 Å². The van der Waals surface area contributed by atoms with E-state index in [1.54, 1.807) is 25.1 Å². The molecule has 0 spiro atoms. The van der Waals surface area contributed by atoms with E-state index >= 15 is 0 Å². The Hall–Kier alpha value is -3.06. The maximum absolute atomic E-state index is 13.0. The lowest BCUT2D eigenvalue weighted by Gasteiger charge is -2.09. The highest BCUT2D eigenvalue weighted by Gasteiger charge is 2.31. The van der Waals surface area contributed by atoms with Crippen LogP contribution in [0.2, 0.25) is 5.15 Å². The Morgan fingerprint density at radius 1 is 1.14 bits per heavy atom. The molecule has 4 nitrogen and oxygen atoms in total. The largest absolute Gasteiger partial charge is 0.416 e. The van der Waals surface area contributed by atoms with Crippen LogP contribution in [0.1, 0.15) is 22.4 Å². The SMILES string of the molecule is Cc1nn(-c2cccc(C(F)(F)F)c2)c(Cl)c1C=C1C(=O)Nc2ccccc21. The van der Waals surface area contributed by atoms with Gasteiger partial charge in [-0.2, -0.15) is 18.3 Å². The maximum Gasteiger partial charge on any atom is 0.416 e. The van der Waals surface area contributed by atoms with E-state index in [2.05, 4.69) is 10.4 Å². The number of rotatable bonds is 2. The molecular weight excluding hydrogens is 391 g/mol. The Bertz CT molecular complexity index is 1130. The van der Waals surface area contributed by atoms with Gasteiger partial charge in [0, 0.05) is 22.4 Å². The van der Waals surface area contributed by atoms with Gasteiger partial charge in [0.2, 0.25) is 0 Å². The molecule has 142 valence electrons. The average molecular weight is 404 g/mol. The van der Waals surface area contributed by atoms with Crippen molar-refractivity contribution in [2.75, 3.05) is 5.32 Å². The van der Waals surface area contributed by atoms with Gasteiger partial charge in [-0.1, -0.05) is 35.9 Å². The first-order valence-corrected chi connectivity index (χ1v) is 8.68. The smallest absolute Gasteiger partial charge is 0.321 e. The number of halogens is 4. The van der Waals surface area contributed by atoms with Gasteiger partial charge in [0.15, 0.2) is 0 Å². The number of nitrogens with zero attached hydrogens (tertiary/aromatic N) is 2. The molecule has 1 amide bonds. The molecule has 28 heavy (non-hydrogen) atoms. The van der Waals surface area contributed by atoms with E-state index in [0.29, 0.717) is 22.5 Å². The fraction of sp³-hybridized carbons (Fsp3) is 0.100. The summed E-state index contributed by atoms with van der Waals surface area (Å²) in [5.74, 6) is -0.275. The van der Waals surface area contributed by atoms with Crippen LogP contribution in [-0.4, -0.2) is 15.7 Å². The molecule has 3 aromatic rings. The molecule has 0 fully saturated rings. The normalized spacial score (nSPS) is 15.0. The number of hydrogen-bond acceptors (Lipinski definition) is 2. The topological polar surface area (TPSA) is 46.9 Å². The van der Waals surface area contributed by atoms with E-state index in [1.165, 1.54) is 16.8 Å². The molecule has 0 unspecified atom stereocenters. The monoisotopic (exact) mass is 403 g/mol. The number of aryl methyl sites for hydroxylation is 1. The van der Waals surface area contributed by atoms with Crippen LogP contribution in [-0.2, 0) is 11.0 Å². The zero-order chi connectivity index (χ0) is 20.1. The molecule has 2 aromatic carbocycles. The molecule has 1 aliphatic heterocycles. The van der Waals surface area contributed by atoms with E-state index < -0.39 is 11.7 Å². The summed E-state index contributed by atoms with van der Waals surface area (Å²) in [6.07, 6.45) is -2.86. The predicted octanol–water partition coefficient (Wildman–Crippen LogP) is 5.35. The number of carbonyl (C=O) groups excluding carboxylic acids is 1. The second-order valence-corrected chi connectivity index (χ2v) is 6.67. The van der Waals surface area contributed by atoms with Crippen LogP contribution in [0, 0.1) is 6.92 Å². The van der Waals surface area contributed by atoms with Crippen molar-refractivity contribution in [2.24, 2.45) is 0 Å². The third kappa shape index (κ3) is 3.07. The molecule has 0 radical (unpaired) electrons. The van der Waals surface area contributed by atoms with Gasteiger partial charge in [0.05, 0.1) is 16.9 Å². The van der Waals surface area contributed by atoms with Crippen LogP contribution in [0.5, 0.6) is 0 Å². The van der Waals surface area contributed by atoms with Crippen LogP contribution in [0.25, 0.3) is 17.3 Å². The Morgan fingerprint density at radius 3 is 2.64 bits per heavy atom. The van der Waals surface area contributed by atoms with E-state index in [1.807, 2.05) is 12.1 Å². The highest BCUT2D eigenvalue weighted by Crippen LogP contribution is 2.36. The molecule has 0 saturated heterocycles. The average Bonchev–Trinajstić information content (AvgIpc) is 3.12. The number of nitrogens with one attached hydrogen (secondary N) is 1. The summed E-state index contributed by atoms with van der Waals surface area (Å²) in [4.78, 5) is 12.3. The van der Waals surface area contributed by atoms with Crippen molar-refractivity contribution < 1.29 is 18.0 Å². The molecule has 2 heterocycles. The molecule has 0 bridgehead atoms. The standard InChI is InChI=1S/C20H13ClF3N3O/c1-11-15(10-16-14-7-2-3-8-17(14)25-19(16)28)18(21)27(26-11)13-6-4-5-12(9-13)20(22,23)24/h2-10H,1H3,(H,25,28). The zero-order valence-corrected chi connectivity index (χ0v) is 15.3. The first-order valence-electron chi connectivity index (χ1n) is 8.31. The molecule has 0 saturated carbocycles. The third-order valence-electron chi connectivity index (χ3n) is 4.46. The van der Waals surface area contributed by atoms with Crippen LogP contribution in [0.15, 0.2) is 48.5 Å². The van der Waals surface area contributed by atoms with Crippen molar-refractivity contribution in [3.05, 3.63) is 76.1 Å². The van der Waals surface area contributed by atoms with Gasteiger partial charge in [-0.15, -0.1) is 0 Å². The minimum Gasteiger partial charge on any atom is -0.321 e. The molecular formula is C20H13ClF3N3O. The number of benzene rings is 2. The van der Waals surface area contributed by atoms with E-state index in [-0.39, 0.29) is 16.7 Å². The summed E-state index contributed by atoms with van der Waals surface area (Å²) in [6.45, 7) is 1.68. The highest BCUT2D eigenvalue weighted by molar-refractivity contribution is 6.36. The van der Waals surface area contributed by atoms with Crippen LogP contribution in [0.3, 0.4) is 0 Å². The van der Waals surface area contributed by atoms with E-state index in [0.717, 1.165) is 17.7 Å². The molecule has 8 heteroatoms. The van der Waals surface area contributed by atoms with Crippen LogP contribution >= 0.6 is 11.6 Å². The third-order valence-corrected chi connectivity index (χ3v) is 4.83. The van der Waals surface area contributed by atoms with Gasteiger partial charge in [-0.25, -0.2) is 4.68 Å². The number of amides is 1.